The molecule has 5 unspecified atom stereocenters. The number of benzene rings is 2. The molecule has 0 saturated heterocycles. The summed E-state index contributed by atoms with van der Waals surface area (Å²) in [5.41, 5.74) is 1.85. The molecule has 2 N–H and O–H groups in total. The van der Waals surface area contributed by atoms with E-state index in [1.165, 1.54) is 0 Å². The fourth-order valence-electron chi connectivity index (χ4n) is 3.38. The van der Waals surface area contributed by atoms with Crippen LogP contribution in [0.5, 0.6) is 0 Å². The molecule has 0 heterocycles. The second-order valence-corrected chi connectivity index (χ2v) is 11.6. The van der Waals surface area contributed by atoms with Crippen LogP contribution in [0.3, 0.4) is 0 Å². The Bertz CT molecular complexity index is 1030. The van der Waals surface area contributed by atoms with Gasteiger partial charge in [0.25, 0.3) is 0 Å². The normalized spacial score (nSPS) is 24.2. The zero-order chi connectivity index (χ0) is 25.0. The Morgan fingerprint density at radius 3 is 1.77 bits per heavy atom. The van der Waals surface area contributed by atoms with Crippen LogP contribution in [-0.4, -0.2) is 40.7 Å². The van der Waals surface area contributed by atoms with Crippen molar-refractivity contribution in [2.75, 3.05) is 6.61 Å². The van der Waals surface area contributed by atoms with Gasteiger partial charge in [-0.3, -0.25) is 4.79 Å². The maximum Gasteiger partial charge on any atom is 1.00 e. The first-order valence-electron chi connectivity index (χ1n) is 9.78. The maximum absolute atomic E-state index is 13.0. The van der Waals surface area contributed by atoms with Gasteiger partial charge in [0.2, 0.25) is 0 Å². The summed E-state index contributed by atoms with van der Waals surface area (Å²) in [4.78, 5) is 11.2. The monoisotopic (exact) mass is 759 g/mol. The van der Waals surface area contributed by atoms with Crippen molar-refractivity contribution in [1.29, 1.82) is 0 Å². The Balaban J connectivity index is 0. The van der Waals surface area contributed by atoms with Gasteiger partial charge in [-0.1, -0.05) is 63.7 Å². The molecule has 2 aromatic rings. The Kier molecular flexibility index (Phi) is 16.3. The third-order valence-electron chi connectivity index (χ3n) is 4.94. The number of aliphatic hydroxyl groups is 2. The van der Waals surface area contributed by atoms with Gasteiger partial charge in [-0.2, -0.15) is 0 Å². The van der Waals surface area contributed by atoms with E-state index in [1.807, 2.05) is 0 Å². The van der Waals surface area contributed by atoms with E-state index in [1.54, 1.807) is 6.92 Å². The van der Waals surface area contributed by atoms with Crippen molar-refractivity contribution in [3.63, 3.8) is 0 Å². The van der Waals surface area contributed by atoms with Crippen molar-refractivity contribution in [2.24, 2.45) is 0 Å². The van der Waals surface area contributed by atoms with Crippen LogP contribution in [0.15, 0.2) is 24.3 Å². The molecule has 3 radical (unpaired) electrons. The van der Waals surface area contributed by atoms with E-state index in [2.05, 4.69) is 63.7 Å². The number of hydrogen-bond acceptors (Lipinski definition) is 3. The van der Waals surface area contributed by atoms with E-state index in [4.69, 9.17) is 5.11 Å². The van der Waals surface area contributed by atoms with Crippen molar-refractivity contribution >= 4 is 77.9 Å². The molecule has 0 spiro atoms. The zero-order valence-corrected chi connectivity index (χ0v) is 27.1. The summed E-state index contributed by atoms with van der Waals surface area (Å²) < 4.78 is 52.0. The summed E-state index contributed by atoms with van der Waals surface area (Å²) in [6, 6.07) is 4.26. The third-order valence-corrected chi connectivity index (χ3v) is 10.4. The number of Topliss-reactive ketones (excluding diaryl/α,β-unsaturated/α-hetero) is 1. The summed E-state index contributed by atoms with van der Waals surface area (Å²) >= 11 is 13.4. The first-order chi connectivity index (χ1) is 15.4. The number of carbonyl (C=O) groups excluding carboxylic acids is 1. The molecule has 2 aliphatic carbocycles. The van der Waals surface area contributed by atoms with Crippen molar-refractivity contribution in [3.05, 3.63) is 69.8 Å². The summed E-state index contributed by atoms with van der Waals surface area (Å²) in [5.74, 6) is -3.86. The Morgan fingerprint density at radius 1 is 0.857 bits per heavy atom. The average Bonchev–Trinajstić information content (AvgIpc) is 2.74. The van der Waals surface area contributed by atoms with Crippen LogP contribution in [0.2, 0.25) is 0 Å². The fraction of sp³-hybridized carbons (Fsp3) is 0.409. The van der Waals surface area contributed by atoms with Crippen LogP contribution in [0.1, 0.15) is 64.0 Å². The standard InChI is InChI=1S/C10H8Br2F2O.C10H6Br2F2O.C2H6O.B.Na.H/c2*11-6-3-9(15)4-1-7(13)8(14)2-5(4)10(6)12;1-2-3;;;/h1-2,6,9-10,15H,3H2;1-2,6,10H,3H2;3H,2H2,1H3;;;/q;;;;+1;-1. The molecule has 13 heteroatoms. The summed E-state index contributed by atoms with van der Waals surface area (Å²) in [7, 11) is 0. The molecule has 0 saturated carbocycles. The van der Waals surface area contributed by atoms with E-state index in [0.29, 0.717) is 23.1 Å². The first kappa shape index (κ1) is 35.7. The molecule has 0 aromatic heterocycles. The van der Waals surface area contributed by atoms with Crippen LogP contribution >= 0.6 is 63.7 Å². The van der Waals surface area contributed by atoms with Crippen LogP contribution in [0, 0.1) is 23.3 Å². The fourth-order valence-corrected chi connectivity index (χ4v) is 5.77. The molecule has 0 fully saturated rings. The van der Waals surface area contributed by atoms with Gasteiger partial charge in [0, 0.05) is 36.7 Å². The third kappa shape index (κ3) is 8.88. The molecule has 5 atom stereocenters. The van der Waals surface area contributed by atoms with Gasteiger partial charge in [0.05, 0.1) is 15.8 Å². The minimum Gasteiger partial charge on any atom is -1.00 e. The van der Waals surface area contributed by atoms with E-state index in [0.717, 1.165) is 24.3 Å². The van der Waals surface area contributed by atoms with Gasteiger partial charge in [-0.05, 0) is 54.3 Å². The van der Waals surface area contributed by atoms with Gasteiger partial charge in [-0.25, -0.2) is 17.6 Å². The molecule has 2 aromatic carbocycles. The molecular weight excluding hydrogens is 742 g/mol. The van der Waals surface area contributed by atoms with E-state index in [9.17, 15) is 27.5 Å². The van der Waals surface area contributed by atoms with Gasteiger partial charge in [0.15, 0.2) is 29.1 Å². The summed E-state index contributed by atoms with van der Waals surface area (Å²) in [5, 5.41) is 17.3. The molecule has 4 rings (SSSR count). The maximum atomic E-state index is 13.0. The van der Waals surface area contributed by atoms with Gasteiger partial charge in [-0.15, -0.1) is 0 Å². The predicted molar refractivity (Wildman–Crippen MR) is 140 cm³/mol. The number of rotatable bonds is 0. The van der Waals surface area contributed by atoms with E-state index in [-0.39, 0.29) is 83.1 Å². The molecule has 0 bridgehead atoms. The van der Waals surface area contributed by atoms with E-state index < -0.39 is 29.4 Å². The van der Waals surface area contributed by atoms with Crippen molar-refractivity contribution < 1.29 is 63.6 Å². The summed E-state index contributed by atoms with van der Waals surface area (Å²) in [6.07, 6.45) is 0.0235. The molecule has 187 valence electrons. The number of carbonyl (C=O) groups is 1. The average molecular weight is 763 g/mol. The molecule has 35 heavy (non-hydrogen) atoms. The Morgan fingerprint density at radius 2 is 1.26 bits per heavy atom. The quantitative estimate of drug-likeness (QED) is 0.242. The largest absolute Gasteiger partial charge is 1.00 e. The second-order valence-electron chi connectivity index (χ2n) is 7.28. The topological polar surface area (TPSA) is 57.5 Å². The van der Waals surface area contributed by atoms with Gasteiger partial charge < -0.3 is 11.6 Å². The Hall–Kier alpha value is 0.735. The second kappa shape index (κ2) is 16.0. The van der Waals surface area contributed by atoms with Crippen LogP contribution < -0.4 is 29.6 Å². The SMILES string of the molecule is CCO.O=C1CC(Br)C(Br)c2cc(F)c(F)cc21.OC1CC(Br)C(Br)c2cc(F)c(F)cc21.[B].[H-].[Na+]. The number of halogens is 8. The molecule has 3 nitrogen and oxygen atoms in total. The number of hydrogen-bond donors (Lipinski definition) is 2. The number of aliphatic hydroxyl groups excluding tert-OH is 2. The van der Waals surface area contributed by atoms with E-state index >= 15 is 0 Å². The zero-order valence-electron chi connectivity index (χ0n) is 19.7. The molecule has 0 amide bonds. The minimum atomic E-state index is -0.977. The first-order valence-corrected chi connectivity index (χ1v) is 13.4. The van der Waals surface area contributed by atoms with Crippen molar-refractivity contribution in [1.82, 2.24) is 0 Å². The predicted octanol–water partition coefficient (Wildman–Crippen LogP) is 4.09. The minimum absolute atomic E-state index is 0. The number of ketones is 1. The number of alkyl halides is 4. The molecule has 0 aliphatic heterocycles. The van der Waals surface area contributed by atoms with Gasteiger partial charge >= 0.3 is 29.6 Å². The van der Waals surface area contributed by atoms with Crippen molar-refractivity contribution in [3.8, 4) is 0 Å². The van der Waals surface area contributed by atoms with Crippen LogP contribution in [0.25, 0.3) is 0 Å². The van der Waals surface area contributed by atoms with Crippen molar-refractivity contribution in [2.45, 2.75) is 45.2 Å². The van der Waals surface area contributed by atoms with Crippen LogP contribution in [0.4, 0.5) is 17.6 Å². The van der Waals surface area contributed by atoms with Gasteiger partial charge in [0.1, 0.15) is 0 Å². The summed E-state index contributed by atoms with van der Waals surface area (Å²) in [6.45, 7) is 1.93. The number of fused-ring (bicyclic) bond motifs is 2. The smallest absolute Gasteiger partial charge is 1.00 e. The van der Waals surface area contributed by atoms with Crippen LogP contribution in [-0.2, 0) is 0 Å². The molecular formula is C22H21BBr4F4NaO3. The molecule has 2 aliphatic rings. The Labute approximate surface area is 260 Å².